The van der Waals surface area contributed by atoms with E-state index in [4.69, 9.17) is 17.3 Å². The first-order chi connectivity index (χ1) is 10.5. The summed E-state index contributed by atoms with van der Waals surface area (Å²) in [5.41, 5.74) is 6.20. The minimum Gasteiger partial charge on any atom is -0.366 e. The van der Waals surface area contributed by atoms with Gasteiger partial charge in [0.05, 0.1) is 0 Å². The zero-order valence-corrected chi connectivity index (χ0v) is 12.1. The Balaban J connectivity index is 1.99. The smallest absolute Gasteiger partial charge is 0.314 e. The Labute approximate surface area is 131 Å². The van der Waals surface area contributed by atoms with E-state index in [1.807, 2.05) is 0 Å². The summed E-state index contributed by atoms with van der Waals surface area (Å²) in [7, 11) is 0. The van der Waals surface area contributed by atoms with E-state index >= 15 is 0 Å². The monoisotopic (exact) mass is 317 g/mol. The van der Waals surface area contributed by atoms with Crippen molar-refractivity contribution in [2.24, 2.45) is 5.73 Å². The van der Waals surface area contributed by atoms with Gasteiger partial charge in [0, 0.05) is 22.0 Å². The standard InChI is InChI=1S/C15H12ClN3O3/c16-10-2-1-3-12(8-10)19-15(22)14(21)18-11-6-4-9(5-7-11)13(17)20/h1-8H,(H2,17,20)(H,18,21)(H,19,22). The molecule has 6 nitrogen and oxygen atoms in total. The Hall–Kier alpha value is -2.86. The first kappa shape index (κ1) is 15.5. The molecule has 0 fully saturated rings. The number of anilines is 2. The number of amides is 3. The molecule has 0 radical (unpaired) electrons. The molecule has 0 bridgehead atoms. The molecule has 0 aliphatic carbocycles. The maximum atomic E-state index is 11.8. The van der Waals surface area contributed by atoms with E-state index in [0.29, 0.717) is 22.0 Å². The fourth-order valence-corrected chi connectivity index (χ4v) is 1.85. The van der Waals surface area contributed by atoms with Crippen molar-refractivity contribution in [1.82, 2.24) is 0 Å². The fraction of sp³-hybridized carbons (Fsp3) is 0. The topological polar surface area (TPSA) is 101 Å². The van der Waals surface area contributed by atoms with Crippen molar-refractivity contribution in [3.05, 3.63) is 59.1 Å². The summed E-state index contributed by atoms with van der Waals surface area (Å²) in [5, 5.41) is 5.27. The van der Waals surface area contributed by atoms with E-state index in [1.165, 1.54) is 30.3 Å². The van der Waals surface area contributed by atoms with E-state index < -0.39 is 17.7 Å². The number of carbonyl (C=O) groups excluding carboxylic acids is 3. The largest absolute Gasteiger partial charge is 0.366 e. The van der Waals surface area contributed by atoms with Crippen molar-refractivity contribution in [1.29, 1.82) is 0 Å². The summed E-state index contributed by atoms with van der Waals surface area (Å²) in [5.74, 6) is -2.25. The normalized spacial score (nSPS) is 9.86. The highest BCUT2D eigenvalue weighted by molar-refractivity contribution is 6.43. The number of hydrogen-bond acceptors (Lipinski definition) is 3. The van der Waals surface area contributed by atoms with Crippen LogP contribution in [0.5, 0.6) is 0 Å². The lowest BCUT2D eigenvalue weighted by Gasteiger charge is -2.07. The minimum atomic E-state index is -0.841. The number of carbonyl (C=O) groups is 3. The second kappa shape index (κ2) is 6.73. The van der Waals surface area contributed by atoms with Gasteiger partial charge < -0.3 is 16.4 Å². The molecule has 3 amide bonds. The minimum absolute atomic E-state index is 0.307. The highest BCUT2D eigenvalue weighted by atomic mass is 35.5. The molecule has 0 aliphatic rings. The van der Waals surface area contributed by atoms with Crippen LogP contribution < -0.4 is 16.4 Å². The third-order valence-electron chi connectivity index (χ3n) is 2.72. The Bertz CT molecular complexity index is 729. The predicted octanol–water partition coefficient (Wildman–Crippen LogP) is 2.02. The van der Waals surface area contributed by atoms with Crippen molar-refractivity contribution in [3.8, 4) is 0 Å². The van der Waals surface area contributed by atoms with E-state index in [0.717, 1.165) is 0 Å². The van der Waals surface area contributed by atoms with E-state index in [9.17, 15) is 14.4 Å². The van der Waals surface area contributed by atoms with Crippen molar-refractivity contribution >= 4 is 40.7 Å². The second-order valence-corrected chi connectivity index (χ2v) is 4.80. The highest BCUT2D eigenvalue weighted by Gasteiger charge is 2.14. The Kier molecular flexibility index (Phi) is 4.75. The zero-order valence-electron chi connectivity index (χ0n) is 11.3. The Morgan fingerprint density at radius 3 is 2.00 bits per heavy atom. The lowest BCUT2D eigenvalue weighted by Crippen LogP contribution is -2.29. The molecule has 22 heavy (non-hydrogen) atoms. The van der Waals surface area contributed by atoms with Gasteiger partial charge in [0.15, 0.2) is 0 Å². The molecule has 0 aromatic heterocycles. The van der Waals surface area contributed by atoms with Crippen LogP contribution in [-0.4, -0.2) is 17.7 Å². The molecule has 0 atom stereocenters. The highest BCUT2D eigenvalue weighted by Crippen LogP contribution is 2.15. The summed E-state index contributed by atoms with van der Waals surface area (Å²) in [6.07, 6.45) is 0. The van der Waals surface area contributed by atoms with Crippen molar-refractivity contribution in [2.75, 3.05) is 10.6 Å². The molecule has 0 heterocycles. The van der Waals surface area contributed by atoms with Gasteiger partial charge in [-0.05, 0) is 42.5 Å². The van der Waals surface area contributed by atoms with Gasteiger partial charge >= 0.3 is 11.8 Å². The Morgan fingerprint density at radius 1 is 0.864 bits per heavy atom. The fourth-order valence-electron chi connectivity index (χ4n) is 1.66. The van der Waals surface area contributed by atoms with Crippen LogP contribution in [0.1, 0.15) is 10.4 Å². The van der Waals surface area contributed by atoms with Crippen LogP contribution in [0.3, 0.4) is 0 Å². The quantitative estimate of drug-likeness (QED) is 0.755. The number of halogens is 1. The molecule has 0 unspecified atom stereocenters. The lowest BCUT2D eigenvalue weighted by molar-refractivity contribution is -0.132. The second-order valence-electron chi connectivity index (χ2n) is 4.36. The molecule has 0 saturated carbocycles. The third kappa shape index (κ3) is 4.07. The predicted molar refractivity (Wildman–Crippen MR) is 83.7 cm³/mol. The number of hydrogen-bond donors (Lipinski definition) is 3. The van der Waals surface area contributed by atoms with Gasteiger partial charge in [0.1, 0.15) is 0 Å². The molecule has 0 spiro atoms. The van der Waals surface area contributed by atoms with Crippen LogP contribution in [0.4, 0.5) is 11.4 Å². The number of nitrogens with one attached hydrogen (secondary N) is 2. The van der Waals surface area contributed by atoms with E-state index in [1.54, 1.807) is 18.2 Å². The first-order valence-corrected chi connectivity index (χ1v) is 6.61. The van der Waals surface area contributed by atoms with Crippen LogP contribution in [0.2, 0.25) is 5.02 Å². The van der Waals surface area contributed by atoms with E-state index in [2.05, 4.69) is 10.6 Å². The van der Waals surface area contributed by atoms with Crippen LogP contribution in [0, 0.1) is 0 Å². The van der Waals surface area contributed by atoms with Crippen molar-refractivity contribution in [2.45, 2.75) is 0 Å². The molecule has 2 rings (SSSR count). The van der Waals surface area contributed by atoms with Crippen LogP contribution in [0.15, 0.2) is 48.5 Å². The van der Waals surface area contributed by atoms with Gasteiger partial charge in [-0.25, -0.2) is 0 Å². The number of primary amides is 1. The molecule has 7 heteroatoms. The molecular weight excluding hydrogens is 306 g/mol. The van der Waals surface area contributed by atoms with Gasteiger partial charge in [-0.2, -0.15) is 0 Å². The average Bonchev–Trinajstić information content (AvgIpc) is 2.47. The summed E-state index contributed by atoms with van der Waals surface area (Å²) < 4.78 is 0. The van der Waals surface area contributed by atoms with Gasteiger partial charge in [-0.1, -0.05) is 17.7 Å². The molecule has 0 saturated heterocycles. The third-order valence-corrected chi connectivity index (χ3v) is 2.95. The zero-order chi connectivity index (χ0) is 16.1. The number of nitrogens with two attached hydrogens (primary N) is 1. The van der Waals surface area contributed by atoms with Crippen LogP contribution in [-0.2, 0) is 9.59 Å². The molecule has 4 N–H and O–H groups in total. The van der Waals surface area contributed by atoms with Gasteiger partial charge in [0.2, 0.25) is 5.91 Å². The average molecular weight is 318 g/mol. The molecule has 0 aliphatic heterocycles. The number of rotatable bonds is 3. The maximum Gasteiger partial charge on any atom is 0.314 e. The molecular formula is C15H12ClN3O3. The molecule has 2 aromatic carbocycles. The summed E-state index contributed by atoms with van der Waals surface area (Å²) in [6, 6.07) is 12.3. The lowest BCUT2D eigenvalue weighted by atomic mass is 10.2. The maximum absolute atomic E-state index is 11.8. The molecule has 112 valence electrons. The summed E-state index contributed by atoms with van der Waals surface area (Å²) in [6.45, 7) is 0. The van der Waals surface area contributed by atoms with Gasteiger partial charge in [0.25, 0.3) is 0 Å². The van der Waals surface area contributed by atoms with Gasteiger partial charge in [-0.15, -0.1) is 0 Å². The SMILES string of the molecule is NC(=O)c1ccc(NC(=O)C(=O)Nc2cccc(Cl)c2)cc1. The number of benzene rings is 2. The van der Waals surface area contributed by atoms with Crippen molar-refractivity contribution in [3.63, 3.8) is 0 Å². The summed E-state index contributed by atoms with van der Waals surface area (Å²) >= 11 is 5.79. The first-order valence-electron chi connectivity index (χ1n) is 6.23. The van der Waals surface area contributed by atoms with Gasteiger partial charge in [-0.3, -0.25) is 14.4 Å². The van der Waals surface area contributed by atoms with E-state index in [-0.39, 0.29) is 0 Å². The van der Waals surface area contributed by atoms with Crippen LogP contribution in [0.25, 0.3) is 0 Å². The summed E-state index contributed by atoms with van der Waals surface area (Å²) in [4.78, 5) is 34.5. The van der Waals surface area contributed by atoms with Crippen molar-refractivity contribution < 1.29 is 14.4 Å². The molecule has 2 aromatic rings. The van der Waals surface area contributed by atoms with Crippen LogP contribution >= 0.6 is 11.6 Å². The Morgan fingerprint density at radius 2 is 1.45 bits per heavy atom.